The largest absolute Gasteiger partial charge is 0.328 e. The number of rotatable bonds is 5. The molecule has 1 atom stereocenters. The highest BCUT2D eigenvalue weighted by molar-refractivity contribution is 6.05. The average Bonchev–Trinajstić information content (AvgIpc) is 3.21. The molecule has 0 aromatic heterocycles. The molecule has 1 aromatic carbocycles. The molecule has 3 aliphatic heterocycles. The Morgan fingerprint density at radius 3 is 2.50 bits per heavy atom. The van der Waals surface area contributed by atoms with Crippen molar-refractivity contribution in [2.75, 3.05) is 19.6 Å². The third-order valence-corrected chi connectivity index (χ3v) is 8.19. The first kappa shape index (κ1) is 24.9. The second kappa shape index (κ2) is 11.1. The lowest BCUT2D eigenvalue weighted by Gasteiger charge is -2.36. The third kappa shape index (κ3) is 5.64. The molecule has 3 fully saturated rings. The quantitative estimate of drug-likeness (QED) is 0.426. The summed E-state index contributed by atoms with van der Waals surface area (Å²) in [7, 11) is 0. The van der Waals surface area contributed by atoms with E-state index in [-0.39, 0.29) is 24.1 Å². The van der Waals surface area contributed by atoms with Crippen LogP contribution in [0.5, 0.6) is 0 Å². The molecule has 1 saturated carbocycles. The van der Waals surface area contributed by atoms with Crippen LogP contribution < -0.4 is 16.4 Å². The van der Waals surface area contributed by atoms with Gasteiger partial charge in [-0.1, -0.05) is 17.9 Å². The maximum Gasteiger partial charge on any atom is 0.255 e. The first-order valence-electron chi connectivity index (χ1n) is 13.5. The summed E-state index contributed by atoms with van der Waals surface area (Å²) >= 11 is 0. The summed E-state index contributed by atoms with van der Waals surface area (Å²) in [5.41, 5.74) is 8.38. The highest BCUT2D eigenvalue weighted by Crippen LogP contribution is 2.29. The van der Waals surface area contributed by atoms with Crippen LogP contribution in [-0.2, 0) is 16.1 Å². The number of benzene rings is 1. The van der Waals surface area contributed by atoms with Crippen molar-refractivity contribution >= 4 is 17.7 Å². The van der Waals surface area contributed by atoms with Crippen molar-refractivity contribution in [1.82, 2.24) is 20.4 Å². The van der Waals surface area contributed by atoms with Gasteiger partial charge in [0.1, 0.15) is 6.04 Å². The van der Waals surface area contributed by atoms with Crippen LogP contribution in [0.15, 0.2) is 18.2 Å². The van der Waals surface area contributed by atoms with E-state index in [0.717, 1.165) is 50.0 Å². The van der Waals surface area contributed by atoms with Crippen molar-refractivity contribution in [3.8, 4) is 11.8 Å². The van der Waals surface area contributed by atoms with E-state index in [1.54, 1.807) is 11.0 Å². The molecule has 8 nitrogen and oxygen atoms in total. The normalized spacial score (nSPS) is 27.4. The van der Waals surface area contributed by atoms with E-state index in [1.807, 2.05) is 12.1 Å². The highest BCUT2D eigenvalue weighted by atomic mass is 16.2. The number of amides is 3. The number of nitrogens with one attached hydrogen (secondary N) is 2. The van der Waals surface area contributed by atoms with E-state index in [2.05, 4.69) is 27.4 Å². The number of fused-ring (bicyclic) bond motifs is 1. The predicted molar refractivity (Wildman–Crippen MR) is 137 cm³/mol. The van der Waals surface area contributed by atoms with Gasteiger partial charge in [-0.3, -0.25) is 19.7 Å². The molecule has 3 amide bonds. The summed E-state index contributed by atoms with van der Waals surface area (Å²) in [4.78, 5) is 40.8. The SMILES string of the molecule is NC1CCC(NC2CCN(CCC#Cc3cccc4c3CN(C3CCC(=O)NC3=O)C4=O)CC2)CC1. The second-order valence-corrected chi connectivity index (χ2v) is 10.7. The molecule has 192 valence electrons. The van der Waals surface area contributed by atoms with Crippen molar-refractivity contribution in [2.24, 2.45) is 5.73 Å². The van der Waals surface area contributed by atoms with Gasteiger partial charge in [-0.25, -0.2) is 0 Å². The van der Waals surface area contributed by atoms with Crippen molar-refractivity contribution in [1.29, 1.82) is 0 Å². The maximum atomic E-state index is 13.0. The van der Waals surface area contributed by atoms with Gasteiger partial charge < -0.3 is 20.9 Å². The van der Waals surface area contributed by atoms with Crippen LogP contribution in [0, 0.1) is 11.8 Å². The minimum atomic E-state index is -0.600. The average molecular weight is 492 g/mol. The topological polar surface area (TPSA) is 108 Å². The molecule has 36 heavy (non-hydrogen) atoms. The molecule has 0 spiro atoms. The van der Waals surface area contributed by atoms with Crippen molar-refractivity contribution in [3.05, 3.63) is 34.9 Å². The van der Waals surface area contributed by atoms with E-state index in [1.165, 1.54) is 25.7 Å². The molecule has 1 aliphatic carbocycles. The Labute approximate surface area is 213 Å². The maximum absolute atomic E-state index is 13.0. The number of carbonyl (C=O) groups excluding carboxylic acids is 3. The minimum Gasteiger partial charge on any atom is -0.328 e. The highest BCUT2D eigenvalue weighted by Gasteiger charge is 2.39. The molecule has 2 saturated heterocycles. The molecule has 0 bridgehead atoms. The van der Waals surface area contributed by atoms with E-state index >= 15 is 0 Å². The number of nitrogens with two attached hydrogens (primary N) is 1. The molecule has 4 aliphatic rings. The molecule has 0 radical (unpaired) electrons. The number of likely N-dealkylation sites (tertiary alicyclic amines) is 1. The molecule has 8 heteroatoms. The number of nitrogens with zero attached hydrogens (tertiary/aromatic N) is 2. The zero-order valence-electron chi connectivity index (χ0n) is 20.9. The number of piperidine rings is 2. The Kier molecular flexibility index (Phi) is 7.70. The van der Waals surface area contributed by atoms with Crippen molar-refractivity contribution < 1.29 is 14.4 Å². The van der Waals surface area contributed by atoms with Gasteiger partial charge >= 0.3 is 0 Å². The first-order valence-corrected chi connectivity index (χ1v) is 13.5. The monoisotopic (exact) mass is 491 g/mol. The summed E-state index contributed by atoms with van der Waals surface area (Å²) in [6.07, 6.45) is 8.46. The van der Waals surface area contributed by atoms with Crippen molar-refractivity contribution in [3.63, 3.8) is 0 Å². The number of hydrogen-bond acceptors (Lipinski definition) is 6. The summed E-state index contributed by atoms with van der Waals surface area (Å²) in [6.45, 7) is 3.51. The van der Waals surface area contributed by atoms with Gasteiger partial charge in [0.2, 0.25) is 11.8 Å². The van der Waals surface area contributed by atoms with Crippen LogP contribution in [0.3, 0.4) is 0 Å². The van der Waals surface area contributed by atoms with E-state index in [4.69, 9.17) is 5.73 Å². The second-order valence-electron chi connectivity index (χ2n) is 10.7. The lowest BCUT2D eigenvalue weighted by Crippen LogP contribution is -2.52. The molecule has 1 aromatic rings. The van der Waals surface area contributed by atoms with Crippen LogP contribution >= 0.6 is 0 Å². The van der Waals surface area contributed by atoms with Crippen LogP contribution in [-0.4, -0.2) is 71.3 Å². The van der Waals surface area contributed by atoms with E-state index in [0.29, 0.717) is 36.7 Å². The smallest absolute Gasteiger partial charge is 0.255 e. The van der Waals surface area contributed by atoms with Gasteiger partial charge in [-0.05, 0) is 75.7 Å². The summed E-state index contributed by atoms with van der Waals surface area (Å²) < 4.78 is 0. The van der Waals surface area contributed by atoms with Gasteiger partial charge in [-0.15, -0.1) is 0 Å². The summed E-state index contributed by atoms with van der Waals surface area (Å²) in [5.74, 6) is 5.77. The van der Waals surface area contributed by atoms with Crippen LogP contribution in [0.1, 0.15) is 79.3 Å². The number of hydrogen-bond donors (Lipinski definition) is 3. The molecule has 5 rings (SSSR count). The fourth-order valence-corrected chi connectivity index (χ4v) is 6.02. The predicted octanol–water partition coefficient (Wildman–Crippen LogP) is 1.51. The first-order chi connectivity index (χ1) is 17.5. The van der Waals surface area contributed by atoms with Gasteiger partial charge in [0.15, 0.2) is 0 Å². The lowest BCUT2D eigenvalue weighted by molar-refractivity contribution is -0.136. The molecular formula is C28H37N5O3. The van der Waals surface area contributed by atoms with Gasteiger partial charge in [0.25, 0.3) is 5.91 Å². The standard InChI is InChI=1S/C28H37N5O3/c29-20-7-9-21(10-8-20)30-22-13-16-32(17-14-22)15-2-1-4-19-5-3-6-23-24(19)18-33(28(23)36)25-11-12-26(34)31-27(25)35/h3,5-6,20-22,25,30H,2,7-18,29H2,(H,31,34,35). The van der Waals surface area contributed by atoms with Gasteiger partial charge in [-0.2, -0.15) is 0 Å². The minimum absolute atomic E-state index is 0.157. The molecular weight excluding hydrogens is 454 g/mol. The molecule has 1 unspecified atom stereocenters. The Morgan fingerprint density at radius 2 is 1.75 bits per heavy atom. The summed E-state index contributed by atoms with van der Waals surface area (Å²) in [6, 6.07) is 6.65. The van der Waals surface area contributed by atoms with Crippen LogP contribution in [0.4, 0.5) is 0 Å². The van der Waals surface area contributed by atoms with Gasteiger partial charge in [0, 0.05) is 55.2 Å². The third-order valence-electron chi connectivity index (χ3n) is 8.19. The molecule has 4 N–H and O–H groups in total. The Bertz CT molecular complexity index is 1060. The Morgan fingerprint density at radius 1 is 1.00 bits per heavy atom. The Hall–Kier alpha value is -2.73. The van der Waals surface area contributed by atoms with Crippen molar-refractivity contribution in [2.45, 2.75) is 88.5 Å². The number of carbonyl (C=O) groups is 3. The summed E-state index contributed by atoms with van der Waals surface area (Å²) in [5, 5.41) is 6.22. The Balaban J connectivity index is 1.10. The zero-order valence-corrected chi connectivity index (χ0v) is 20.9. The number of imide groups is 1. The van der Waals surface area contributed by atoms with Crippen LogP contribution in [0.25, 0.3) is 0 Å². The fourth-order valence-electron chi connectivity index (χ4n) is 6.02. The van der Waals surface area contributed by atoms with Gasteiger partial charge in [0.05, 0.1) is 0 Å². The lowest BCUT2D eigenvalue weighted by atomic mass is 9.90. The molecule has 3 heterocycles. The van der Waals surface area contributed by atoms with E-state index < -0.39 is 6.04 Å². The van der Waals surface area contributed by atoms with Crippen LogP contribution in [0.2, 0.25) is 0 Å². The van der Waals surface area contributed by atoms with E-state index in [9.17, 15) is 14.4 Å². The zero-order chi connectivity index (χ0) is 25.1. The fraction of sp³-hybridized carbons (Fsp3) is 0.607.